The Labute approximate surface area is 80.6 Å². The molecule has 0 unspecified atom stereocenters. The van der Waals surface area contributed by atoms with Gasteiger partial charge in [0.2, 0.25) is 0 Å². The van der Waals surface area contributed by atoms with Gasteiger partial charge in [-0.25, -0.2) is 0 Å². The van der Waals surface area contributed by atoms with Crippen LogP contribution in [0, 0.1) is 0 Å². The highest BCUT2D eigenvalue weighted by molar-refractivity contribution is 5.05. The minimum Gasteiger partial charge on any atom is -0.363 e. The van der Waals surface area contributed by atoms with E-state index in [2.05, 4.69) is 19.9 Å². The summed E-state index contributed by atoms with van der Waals surface area (Å²) in [5, 5.41) is 18.1. The Bertz CT molecular complexity index is 203. The van der Waals surface area contributed by atoms with Gasteiger partial charge in [0.15, 0.2) is 5.79 Å². The second-order valence-electron chi connectivity index (χ2n) is 3.90. The molecule has 2 N–H and O–H groups in total. The van der Waals surface area contributed by atoms with Crippen LogP contribution in [-0.4, -0.2) is 16.0 Å². The lowest BCUT2D eigenvalue weighted by Gasteiger charge is -2.11. The van der Waals surface area contributed by atoms with E-state index in [9.17, 15) is 0 Å². The first-order chi connectivity index (χ1) is 5.81. The van der Waals surface area contributed by atoms with Crippen LogP contribution in [0.2, 0.25) is 0 Å². The lowest BCUT2D eigenvalue weighted by atomic mass is 10.1. The van der Waals surface area contributed by atoms with Crippen LogP contribution in [0.1, 0.15) is 40.5 Å². The third-order valence-electron chi connectivity index (χ3n) is 1.61. The average Bonchev–Trinajstić information content (AvgIpc) is 1.81. The van der Waals surface area contributed by atoms with E-state index >= 15 is 0 Å². The maximum atomic E-state index is 9.06. The maximum Gasteiger partial charge on any atom is 0.179 e. The SMILES string of the molecule is CC(C)=CCC/C(C)=C\C(C)(O)O. The van der Waals surface area contributed by atoms with Gasteiger partial charge < -0.3 is 10.2 Å². The van der Waals surface area contributed by atoms with Gasteiger partial charge in [-0.2, -0.15) is 0 Å². The molecule has 0 aromatic heterocycles. The van der Waals surface area contributed by atoms with Gasteiger partial charge in [-0.15, -0.1) is 0 Å². The molecule has 2 nitrogen and oxygen atoms in total. The molecule has 0 saturated heterocycles. The average molecular weight is 184 g/mol. The van der Waals surface area contributed by atoms with Crippen LogP contribution in [0.4, 0.5) is 0 Å². The number of aliphatic hydroxyl groups is 2. The van der Waals surface area contributed by atoms with E-state index in [4.69, 9.17) is 10.2 Å². The fraction of sp³-hybridized carbons (Fsp3) is 0.636. The van der Waals surface area contributed by atoms with E-state index in [1.54, 1.807) is 0 Å². The number of hydrogen-bond acceptors (Lipinski definition) is 2. The first kappa shape index (κ1) is 12.4. The monoisotopic (exact) mass is 184 g/mol. The van der Waals surface area contributed by atoms with Crippen molar-refractivity contribution in [1.29, 1.82) is 0 Å². The molecular formula is C11H20O2. The summed E-state index contributed by atoms with van der Waals surface area (Å²) in [5.74, 6) is -1.67. The van der Waals surface area contributed by atoms with Gasteiger partial charge >= 0.3 is 0 Å². The molecule has 0 spiro atoms. The zero-order valence-corrected chi connectivity index (χ0v) is 8.96. The Morgan fingerprint density at radius 2 is 1.77 bits per heavy atom. The highest BCUT2D eigenvalue weighted by atomic mass is 16.5. The second-order valence-corrected chi connectivity index (χ2v) is 3.90. The molecule has 0 atom stereocenters. The van der Waals surface area contributed by atoms with Crippen molar-refractivity contribution >= 4 is 0 Å². The van der Waals surface area contributed by atoms with Crippen LogP contribution in [0.15, 0.2) is 23.3 Å². The summed E-state index contributed by atoms with van der Waals surface area (Å²) in [6.45, 7) is 7.38. The predicted molar refractivity (Wildman–Crippen MR) is 55.3 cm³/mol. The molecule has 0 radical (unpaired) electrons. The van der Waals surface area contributed by atoms with Crippen LogP contribution >= 0.6 is 0 Å². The van der Waals surface area contributed by atoms with Gasteiger partial charge in [-0.1, -0.05) is 17.2 Å². The van der Waals surface area contributed by atoms with Gasteiger partial charge in [0.05, 0.1) is 0 Å². The maximum absolute atomic E-state index is 9.06. The molecule has 13 heavy (non-hydrogen) atoms. The molecular weight excluding hydrogens is 164 g/mol. The Morgan fingerprint density at radius 3 is 2.15 bits per heavy atom. The molecule has 0 fully saturated rings. The van der Waals surface area contributed by atoms with Crippen molar-refractivity contribution in [1.82, 2.24) is 0 Å². The highest BCUT2D eigenvalue weighted by Crippen LogP contribution is 2.11. The predicted octanol–water partition coefficient (Wildman–Crippen LogP) is 2.38. The second kappa shape index (κ2) is 5.20. The Hall–Kier alpha value is -0.600. The summed E-state index contributed by atoms with van der Waals surface area (Å²) < 4.78 is 0. The molecule has 0 heterocycles. The topological polar surface area (TPSA) is 40.5 Å². The first-order valence-electron chi connectivity index (χ1n) is 4.58. The molecule has 0 aromatic carbocycles. The van der Waals surface area contributed by atoms with Crippen molar-refractivity contribution < 1.29 is 10.2 Å². The quantitative estimate of drug-likeness (QED) is 0.520. The van der Waals surface area contributed by atoms with Crippen LogP contribution in [-0.2, 0) is 0 Å². The first-order valence-corrected chi connectivity index (χ1v) is 4.58. The number of allylic oxidation sites excluding steroid dienone is 3. The van der Waals surface area contributed by atoms with Crippen LogP contribution in [0.25, 0.3) is 0 Å². The fourth-order valence-corrected chi connectivity index (χ4v) is 1.13. The molecule has 0 aliphatic carbocycles. The number of rotatable bonds is 4. The van der Waals surface area contributed by atoms with E-state index in [1.807, 2.05) is 6.92 Å². The third-order valence-corrected chi connectivity index (χ3v) is 1.61. The Morgan fingerprint density at radius 1 is 1.23 bits per heavy atom. The van der Waals surface area contributed by atoms with Crippen molar-refractivity contribution in [2.24, 2.45) is 0 Å². The van der Waals surface area contributed by atoms with Crippen LogP contribution in [0.5, 0.6) is 0 Å². The molecule has 76 valence electrons. The fourth-order valence-electron chi connectivity index (χ4n) is 1.13. The molecule has 2 heteroatoms. The zero-order chi connectivity index (χ0) is 10.5. The normalized spacial score (nSPS) is 12.9. The van der Waals surface area contributed by atoms with E-state index in [1.165, 1.54) is 18.6 Å². The van der Waals surface area contributed by atoms with Crippen molar-refractivity contribution in [2.45, 2.75) is 46.3 Å². The van der Waals surface area contributed by atoms with Crippen molar-refractivity contribution in [3.8, 4) is 0 Å². The van der Waals surface area contributed by atoms with E-state index in [0.717, 1.165) is 18.4 Å². The van der Waals surface area contributed by atoms with Crippen molar-refractivity contribution in [2.75, 3.05) is 0 Å². The van der Waals surface area contributed by atoms with Gasteiger partial charge in [-0.3, -0.25) is 0 Å². The molecule has 0 aliphatic rings. The smallest absolute Gasteiger partial charge is 0.179 e. The van der Waals surface area contributed by atoms with E-state index in [0.29, 0.717) is 0 Å². The third kappa shape index (κ3) is 9.31. The molecule has 0 aromatic rings. The molecule has 0 aliphatic heterocycles. The molecule has 0 rings (SSSR count). The lowest BCUT2D eigenvalue weighted by molar-refractivity contribution is -0.101. The Balaban J connectivity index is 3.95. The largest absolute Gasteiger partial charge is 0.363 e. The van der Waals surface area contributed by atoms with Gasteiger partial charge in [0.25, 0.3) is 0 Å². The van der Waals surface area contributed by atoms with Crippen molar-refractivity contribution in [3.63, 3.8) is 0 Å². The van der Waals surface area contributed by atoms with Gasteiger partial charge in [0.1, 0.15) is 0 Å². The van der Waals surface area contributed by atoms with Crippen LogP contribution in [0.3, 0.4) is 0 Å². The van der Waals surface area contributed by atoms with Gasteiger partial charge in [-0.05, 0) is 46.6 Å². The molecule has 0 saturated carbocycles. The summed E-state index contributed by atoms with van der Waals surface area (Å²) >= 11 is 0. The van der Waals surface area contributed by atoms with Gasteiger partial charge in [0, 0.05) is 0 Å². The summed E-state index contributed by atoms with van der Waals surface area (Å²) in [6, 6.07) is 0. The molecule has 0 bridgehead atoms. The summed E-state index contributed by atoms with van der Waals surface area (Å²) in [6.07, 6.45) is 5.46. The zero-order valence-electron chi connectivity index (χ0n) is 8.96. The minimum atomic E-state index is -1.67. The summed E-state index contributed by atoms with van der Waals surface area (Å²) in [7, 11) is 0. The molecule has 0 amide bonds. The highest BCUT2D eigenvalue weighted by Gasteiger charge is 2.09. The standard InChI is InChI=1S/C11H20O2/c1-9(2)6-5-7-10(3)8-11(4,12)13/h6,8,12-13H,5,7H2,1-4H3/b10-8-. The van der Waals surface area contributed by atoms with Crippen LogP contribution < -0.4 is 0 Å². The summed E-state index contributed by atoms with van der Waals surface area (Å²) in [5.41, 5.74) is 2.30. The number of hydrogen-bond donors (Lipinski definition) is 2. The van der Waals surface area contributed by atoms with E-state index in [-0.39, 0.29) is 0 Å². The van der Waals surface area contributed by atoms with Crippen molar-refractivity contribution in [3.05, 3.63) is 23.3 Å². The van der Waals surface area contributed by atoms with E-state index < -0.39 is 5.79 Å². The minimum absolute atomic E-state index is 0.877. The summed E-state index contributed by atoms with van der Waals surface area (Å²) in [4.78, 5) is 0. The lowest BCUT2D eigenvalue weighted by Crippen LogP contribution is -2.19. The Kier molecular flexibility index (Phi) is 4.96.